The zero-order valence-electron chi connectivity index (χ0n) is 15.1. The summed E-state index contributed by atoms with van der Waals surface area (Å²) >= 11 is 6.60. The van der Waals surface area contributed by atoms with Crippen molar-refractivity contribution in [2.75, 3.05) is 0 Å². The monoisotopic (exact) mass is 348 g/mol. The molecule has 0 aromatic carbocycles. The van der Waals surface area contributed by atoms with Crippen molar-refractivity contribution in [3.63, 3.8) is 0 Å². The Hall–Kier alpha value is -0.760. The van der Waals surface area contributed by atoms with Crippen LogP contribution in [0.5, 0.6) is 0 Å². The third kappa shape index (κ3) is 2.32. The Bertz CT molecular complexity index is 621. The second-order valence-corrected chi connectivity index (χ2v) is 9.38. The maximum atomic E-state index is 11.3. The van der Waals surface area contributed by atoms with Gasteiger partial charge in [0, 0.05) is 23.8 Å². The fourth-order valence-electron chi connectivity index (χ4n) is 6.48. The van der Waals surface area contributed by atoms with Gasteiger partial charge in [-0.2, -0.15) is 0 Å². The number of hydrogen-bond acceptors (Lipinski definition) is 2. The lowest BCUT2D eigenvalue weighted by Gasteiger charge is -2.57. The van der Waals surface area contributed by atoms with E-state index in [1.165, 1.54) is 26.2 Å². The molecule has 0 amide bonds. The molecule has 0 spiro atoms. The van der Waals surface area contributed by atoms with Crippen molar-refractivity contribution in [3.05, 3.63) is 22.8 Å². The van der Waals surface area contributed by atoms with E-state index < -0.39 is 0 Å². The summed E-state index contributed by atoms with van der Waals surface area (Å²) in [7, 11) is 0. The summed E-state index contributed by atoms with van der Waals surface area (Å²) in [6.45, 7) is 6.39. The highest BCUT2D eigenvalue weighted by Gasteiger charge is 2.56. The van der Waals surface area contributed by atoms with E-state index in [9.17, 15) is 4.79 Å². The lowest BCUT2D eigenvalue weighted by atomic mass is 9.48. The largest absolute Gasteiger partial charge is 0.462 e. The Morgan fingerprint density at radius 3 is 2.62 bits per heavy atom. The summed E-state index contributed by atoms with van der Waals surface area (Å²) in [5, 5.41) is 1.12. The van der Waals surface area contributed by atoms with Crippen molar-refractivity contribution in [3.8, 4) is 0 Å². The normalized spacial score (nSPS) is 47.0. The molecule has 0 saturated heterocycles. The van der Waals surface area contributed by atoms with Gasteiger partial charge in [-0.1, -0.05) is 43.2 Å². The maximum Gasteiger partial charge on any atom is 0.302 e. The number of hydrogen-bond donors (Lipinski definition) is 0. The maximum absolute atomic E-state index is 11.3. The van der Waals surface area contributed by atoms with Gasteiger partial charge in [0.25, 0.3) is 0 Å². The zero-order chi connectivity index (χ0) is 17.1. The molecule has 2 saturated carbocycles. The average Bonchev–Trinajstić information content (AvgIpc) is 2.83. The highest BCUT2D eigenvalue weighted by Crippen LogP contribution is 2.65. The van der Waals surface area contributed by atoms with Crippen LogP contribution in [0, 0.1) is 28.6 Å². The van der Waals surface area contributed by atoms with E-state index in [-0.39, 0.29) is 17.5 Å². The Balaban J connectivity index is 1.59. The SMILES string of the molecule is CC(=O)O[C@H]1CC[C@@]2(C)C(=CC[C@@H]3[C@@H]2CC[C@]2(C)C(Cl)=CC[C@@H]32)C1. The fourth-order valence-corrected chi connectivity index (χ4v) is 6.80. The quantitative estimate of drug-likeness (QED) is 0.454. The zero-order valence-corrected chi connectivity index (χ0v) is 15.9. The molecular formula is C21H29ClO2. The van der Waals surface area contributed by atoms with Crippen LogP contribution in [0.2, 0.25) is 0 Å². The predicted octanol–water partition coefficient (Wildman–Crippen LogP) is 5.61. The summed E-state index contributed by atoms with van der Waals surface area (Å²) in [6.07, 6.45) is 12.8. The minimum atomic E-state index is -0.141. The molecule has 0 N–H and O–H groups in total. The first-order valence-electron chi connectivity index (χ1n) is 9.57. The third-order valence-electron chi connectivity index (χ3n) is 7.88. The van der Waals surface area contributed by atoms with Crippen LogP contribution in [0.25, 0.3) is 0 Å². The Labute approximate surface area is 150 Å². The van der Waals surface area contributed by atoms with Crippen LogP contribution in [0.15, 0.2) is 22.8 Å². The summed E-state index contributed by atoms with van der Waals surface area (Å²) in [5.74, 6) is 2.10. The molecule has 0 aromatic rings. The van der Waals surface area contributed by atoms with Gasteiger partial charge in [-0.15, -0.1) is 0 Å². The number of fused-ring (bicyclic) bond motifs is 5. The fraction of sp³-hybridized carbons (Fsp3) is 0.762. The van der Waals surface area contributed by atoms with E-state index in [4.69, 9.17) is 16.3 Å². The second-order valence-electron chi connectivity index (χ2n) is 8.98. The number of esters is 1. The van der Waals surface area contributed by atoms with Gasteiger partial charge >= 0.3 is 5.97 Å². The van der Waals surface area contributed by atoms with E-state index >= 15 is 0 Å². The van der Waals surface area contributed by atoms with E-state index in [0.29, 0.717) is 11.3 Å². The molecule has 3 heteroatoms. The van der Waals surface area contributed by atoms with Gasteiger partial charge in [-0.05, 0) is 61.7 Å². The van der Waals surface area contributed by atoms with Crippen molar-refractivity contribution >= 4 is 17.6 Å². The van der Waals surface area contributed by atoms with Crippen LogP contribution in [0.4, 0.5) is 0 Å². The first kappa shape index (κ1) is 16.7. The number of allylic oxidation sites excluding steroid dienone is 3. The van der Waals surface area contributed by atoms with Gasteiger partial charge in [0.1, 0.15) is 6.10 Å². The third-order valence-corrected chi connectivity index (χ3v) is 8.46. The van der Waals surface area contributed by atoms with E-state index in [2.05, 4.69) is 26.0 Å². The van der Waals surface area contributed by atoms with Crippen molar-refractivity contribution in [2.45, 2.75) is 71.8 Å². The molecule has 4 aliphatic rings. The van der Waals surface area contributed by atoms with Gasteiger partial charge in [-0.25, -0.2) is 0 Å². The van der Waals surface area contributed by atoms with Gasteiger partial charge in [-0.3, -0.25) is 4.79 Å². The molecule has 2 fully saturated rings. The smallest absolute Gasteiger partial charge is 0.302 e. The van der Waals surface area contributed by atoms with Crippen LogP contribution in [-0.4, -0.2) is 12.1 Å². The predicted molar refractivity (Wildman–Crippen MR) is 96.6 cm³/mol. The molecular weight excluding hydrogens is 320 g/mol. The summed E-state index contributed by atoms with van der Waals surface area (Å²) in [5.41, 5.74) is 2.08. The Morgan fingerprint density at radius 1 is 1.12 bits per heavy atom. The molecule has 0 unspecified atom stereocenters. The average molecular weight is 349 g/mol. The first-order valence-corrected chi connectivity index (χ1v) is 9.95. The highest BCUT2D eigenvalue weighted by molar-refractivity contribution is 6.30. The van der Waals surface area contributed by atoms with Crippen LogP contribution in [-0.2, 0) is 9.53 Å². The number of carbonyl (C=O) groups is 1. The van der Waals surface area contributed by atoms with E-state index in [0.717, 1.165) is 42.6 Å². The lowest BCUT2D eigenvalue weighted by Crippen LogP contribution is -2.50. The topological polar surface area (TPSA) is 26.3 Å². The van der Waals surface area contributed by atoms with Crippen LogP contribution >= 0.6 is 11.6 Å². The molecule has 4 aliphatic carbocycles. The number of rotatable bonds is 1. The minimum Gasteiger partial charge on any atom is -0.462 e. The molecule has 6 atom stereocenters. The van der Waals surface area contributed by atoms with Crippen molar-refractivity contribution in [1.82, 2.24) is 0 Å². The van der Waals surface area contributed by atoms with Crippen LogP contribution in [0.3, 0.4) is 0 Å². The molecule has 0 bridgehead atoms. The summed E-state index contributed by atoms with van der Waals surface area (Å²) in [6, 6.07) is 0. The van der Waals surface area contributed by atoms with Gasteiger partial charge in [0.05, 0.1) is 0 Å². The number of halogens is 1. The lowest BCUT2D eigenvalue weighted by molar-refractivity contribution is -0.148. The van der Waals surface area contributed by atoms with Gasteiger partial charge in [0.15, 0.2) is 0 Å². The van der Waals surface area contributed by atoms with Crippen molar-refractivity contribution < 1.29 is 9.53 Å². The van der Waals surface area contributed by atoms with Crippen LogP contribution in [0.1, 0.15) is 65.7 Å². The highest BCUT2D eigenvalue weighted by atomic mass is 35.5. The molecule has 24 heavy (non-hydrogen) atoms. The molecule has 132 valence electrons. The van der Waals surface area contributed by atoms with Crippen LogP contribution < -0.4 is 0 Å². The molecule has 0 radical (unpaired) electrons. The summed E-state index contributed by atoms with van der Waals surface area (Å²) in [4.78, 5) is 11.3. The molecule has 0 aliphatic heterocycles. The molecule has 4 rings (SSSR count). The first-order chi connectivity index (χ1) is 11.3. The second kappa shape index (κ2) is 5.62. The number of ether oxygens (including phenoxy) is 1. The van der Waals surface area contributed by atoms with E-state index in [1.807, 2.05) is 0 Å². The minimum absolute atomic E-state index is 0.0924. The Kier molecular flexibility index (Phi) is 3.91. The van der Waals surface area contributed by atoms with Crippen molar-refractivity contribution in [1.29, 1.82) is 0 Å². The van der Waals surface area contributed by atoms with E-state index in [1.54, 1.807) is 5.57 Å². The van der Waals surface area contributed by atoms with Gasteiger partial charge in [0.2, 0.25) is 0 Å². The summed E-state index contributed by atoms with van der Waals surface area (Å²) < 4.78 is 5.52. The molecule has 2 nitrogen and oxygen atoms in total. The van der Waals surface area contributed by atoms with Crippen molar-refractivity contribution in [2.24, 2.45) is 28.6 Å². The molecule has 0 aromatic heterocycles. The standard InChI is InChI=1S/C21H29ClO2/c1-13(23)24-15-8-10-20(2)14(12-15)4-5-16-17-6-7-19(22)21(17,3)11-9-18(16)20/h4,7,15-18H,5-6,8-12H2,1-3H3/t15-,16-,17-,18-,20-,21-/m0/s1. The van der Waals surface area contributed by atoms with Gasteiger partial charge < -0.3 is 4.74 Å². The Morgan fingerprint density at radius 2 is 1.88 bits per heavy atom. The number of carbonyl (C=O) groups excluding carboxylic acids is 1. The molecule has 0 heterocycles.